The zero-order valence-electron chi connectivity index (χ0n) is 9.68. The third-order valence-electron chi connectivity index (χ3n) is 2.35. The molecule has 78 valence electrons. The van der Waals surface area contributed by atoms with Gasteiger partial charge in [0, 0.05) is 4.91 Å². The van der Waals surface area contributed by atoms with E-state index in [1.54, 1.807) is 13.8 Å². The van der Waals surface area contributed by atoms with Crippen molar-refractivity contribution in [1.29, 1.82) is 0 Å². The molecule has 3 heteroatoms. The summed E-state index contributed by atoms with van der Waals surface area (Å²) < 4.78 is 0. The van der Waals surface area contributed by atoms with Crippen LogP contribution in [0.25, 0.3) is 0 Å². The highest BCUT2D eigenvalue weighted by Gasteiger charge is 2.23. The van der Waals surface area contributed by atoms with Crippen LogP contribution in [0.1, 0.15) is 34.6 Å². The summed E-state index contributed by atoms with van der Waals surface area (Å²) in [7, 11) is 5.93. The largest absolute Gasteiger partial charge is 0.386 e. The minimum Gasteiger partial charge on any atom is -0.386 e. The van der Waals surface area contributed by atoms with Gasteiger partial charge in [-0.1, -0.05) is 31.3 Å². The first-order valence-corrected chi connectivity index (χ1v) is 5.04. The van der Waals surface area contributed by atoms with Crippen molar-refractivity contribution in [2.75, 3.05) is 0 Å². The lowest BCUT2D eigenvalue weighted by molar-refractivity contribution is 0.123. The van der Waals surface area contributed by atoms with E-state index >= 15 is 0 Å². The van der Waals surface area contributed by atoms with Crippen LogP contribution in [-0.2, 0) is 0 Å². The van der Waals surface area contributed by atoms with Gasteiger partial charge in [-0.05, 0) is 26.3 Å². The number of rotatable bonds is 3. The molecule has 0 aromatic rings. The summed E-state index contributed by atoms with van der Waals surface area (Å²) >= 11 is 4.35. The zero-order chi connectivity index (χ0) is 11.7. The van der Waals surface area contributed by atoms with Crippen molar-refractivity contribution in [2.24, 2.45) is 0 Å². The fraction of sp³-hybridized carbons (Fsp3) is 0.636. The van der Waals surface area contributed by atoms with E-state index in [0.717, 1.165) is 5.57 Å². The highest BCUT2D eigenvalue weighted by molar-refractivity contribution is 7.84. The fourth-order valence-corrected chi connectivity index (χ4v) is 1.38. The summed E-state index contributed by atoms with van der Waals surface area (Å²) in [6, 6.07) is 0. The van der Waals surface area contributed by atoms with E-state index < -0.39 is 10.9 Å². The molecule has 0 unspecified atom stereocenters. The van der Waals surface area contributed by atoms with Gasteiger partial charge in [0.15, 0.2) is 0 Å². The third kappa shape index (κ3) is 3.54. The first kappa shape index (κ1) is 13.9. The molecule has 14 heavy (non-hydrogen) atoms. The van der Waals surface area contributed by atoms with Gasteiger partial charge in [-0.15, -0.1) is 12.6 Å². The average molecular weight is 210 g/mol. The van der Waals surface area contributed by atoms with Gasteiger partial charge in [-0.25, -0.2) is 0 Å². The highest BCUT2D eigenvalue weighted by Crippen LogP contribution is 2.37. The van der Waals surface area contributed by atoms with E-state index in [9.17, 15) is 5.11 Å². The van der Waals surface area contributed by atoms with Crippen LogP contribution in [0.3, 0.4) is 0 Å². The van der Waals surface area contributed by atoms with Gasteiger partial charge < -0.3 is 5.11 Å². The second-order valence-corrected chi connectivity index (χ2v) is 5.18. The normalized spacial score (nSPS) is 15.1. The Labute approximate surface area is 94.1 Å². The van der Waals surface area contributed by atoms with Gasteiger partial charge in [0.1, 0.15) is 0 Å². The van der Waals surface area contributed by atoms with E-state index in [1.807, 2.05) is 20.8 Å². The zero-order valence-corrected chi connectivity index (χ0v) is 10.6. The Bertz CT molecular complexity index is 266. The minimum absolute atomic E-state index is 0.439. The fourth-order valence-electron chi connectivity index (χ4n) is 0.821. The molecule has 0 saturated carbocycles. The van der Waals surface area contributed by atoms with Crippen LogP contribution < -0.4 is 0 Å². The maximum Gasteiger partial charge on any atom is 0.0845 e. The molecule has 2 radical (unpaired) electrons. The Hall–Kier alpha value is -0.145. The SMILES string of the molecule is [B]C(C)(C)/C(C)=C(\S)C(=C)C(C)(C)O. The van der Waals surface area contributed by atoms with E-state index in [2.05, 4.69) is 19.2 Å². The topological polar surface area (TPSA) is 20.2 Å². The molecule has 0 aromatic carbocycles. The minimum atomic E-state index is -0.955. The molecule has 0 bridgehead atoms. The summed E-state index contributed by atoms with van der Waals surface area (Å²) in [4.78, 5) is 0.685. The average Bonchev–Trinajstić information content (AvgIpc) is 1.97. The lowest BCUT2D eigenvalue weighted by atomic mass is 9.67. The van der Waals surface area contributed by atoms with Crippen molar-refractivity contribution in [2.45, 2.75) is 45.5 Å². The molecule has 0 aromatic heterocycles. The predicted molar refractivity (Wildman–Crippen MR) is 66.9 cm³/mol. The third-order valence-corrected chi connectivity index (χ3v) is 2.95. The van der Waals surface area contributed by atoms with Crippen molar-refractivity contribution in [3.8, 4) is 0 Å². The molecule has 0 atom stereocenters. The molecule has 0 amide bonds. The number of allylic oxidation sites excluding steroid dienone is 1. The van der Waals surface area contributed by atoms with Crippen LogP contribution in [0, 0.1) is 0 Å². The predicted octanol–water partition coefficient (Wildman–Crippen LogP) is 2.88. The van der Waals surface area contributed by atoms with Gasteiger partial charge in [0.25, 0.3) is 0 Å². The summed E-state index contributed by atoms with van der Waals surface area (Å²) in [5.41, 5.74) is 0.564. The van der Waals surface area contributed by atoms with Crippen molar-refractivity contribution < 1.29 is 5.11 Å². The standard InChI is InChI=1S/C11H19BOS/c1-7(10(3,4)12)9(14)8(2)11(5,6)13/h13-14H,2H2,1,3-6H3/b9-7-. The molecule has 0 spiro atoms. The smallest absolute Gasteiger partial charge is 0.0845 e. The molecule has 1 N–H and O–H groups in total. The van der Waals surface area contributed by atoms with Gasteiger partial charge in [0.2, 0.25) is 0 Å². The number of hydrogen-bond acceptors (Lipinski definition) is 2. The molecular weight excluding hydrogens is 191 g/mol. The van der Waals surface area contributed by atoms with Crippen LogP contribution in [0.5, 0.6) is 0 Å². The Morgan fingerprint density at radius 2 is 1.64 bits per heavy atom. The molecule has 0 aliphatic carbocycles. The van der Waals surface area contributed by atoms with Crippen molar-refractivity contribution in [3.05, 3.63) is 22.6 Å². The second kappa shape index (κ2) is 4.15. The van der Waals surface area contributed by atoms with E-state index in [-0.39, 0.29) is 0 Å². The van der Waals surface area contributed by atoms with Crippen LogP contribution in [0.15, 0.2) is 22.6 Å². The monoisotopic (exact) mass is 210 g/mol. The molecule has 0 saturated heterocycles. The summed E-state index contributed by atoms with van der Waals surface area (Å²) in [5.74, 6) is 0. The van der Waals surface area contributed by atoms with Gasteiger partial charge in [-0.3, -0.25) is 0 Å². The number of thiol groups is 1. The molecule has 0 aliphatic heterocycles. The van der Waals surface area contributed by atoms with E-state index in [4.69, 9.17) is 7.85 Å². The first-order valence-electron chi connectivity index (χ1n) is 4.59. The lowest BCUT2D eigenvalue weighted by Crippen LogP contribution is -2.22. The quantitative estimate of drug-likeness (QED) is 0.417. The molecule has 0 heterocycles. The van der Waals surface area contributed by atoms with E-state index in [0.29, 0.717) is 10.5 Å². The molecular formula is C11H19BOS. The van der Waals surface area contributed by atoms with Crippen LogP contribution in [-0.4, -0.2) is 18.6 Å². The Kier molecular flexibility index (Phi) is 4.11. The van der Waals surface area contributed by atoms with Crippen LogP contribution >= 0.6 is 12.6 Å². The van der Waals surface area contributed by atoms with Crippen molar-refractivity contribution in [3.63, 3.8) is 0 Å². The Balaban J connectivity index is 5.14. The summed E-state index contributed by atoms with van der Waals surface area (Å²) in [6.07, 6.45) is 0. The summed E-state index contributed by atoms with van der Waals surface area (Å²) in [5, 5.41) is 9.31. The van der Waals surface area contributed by atoms with Crippen LogP contribution in [0.4, 0.5) is 0 Å². The Morgan fingerprint density at radius 1 is 1.29 bits per heavy atom. The summed E-state index contributed by atoms with van der Waals surface area (Å²) in [6.45, 7) is 12.9. The maximum atomic E-state index is 9.75. The maximum absolute atomic E-state index is 9.75. The molecule has 0 rings (SSSR count). The number of aliphatic hydroxyl groups is 1. The van der Waals surface area contributed by atoms with Crippen LogP contribution in [0.2, 0.25) is 5.31 Å². The van der Waals surface area contributed by atoms with E-state index in [1.165, 1.54) is 0 Å². The lowest BCUT2D eigenvalue weighted by Gasteiger charge is -2.27. The van der Waals surface area contributed by atoms with Crippen molar-refractivity contribution >= 4 is 20.5 Å². The highest BCUT2D eigenvalue weighted by atomic mass is 32.1. The first-order chi connectivity index (χ1) is 5.98. The van der Waals surface area contributed by atoms with Gasteiger partial charge >= 0.3 is 0 Å². The molecule has 0 fully saturated rings. The van der Waals surface area contributed by atoms with Crippen molar-refractivity contribution in [1.82, 2.24) is 0 Å². The Morgan fingerprint density at radius 3 is 1.86 bits per heavy atom. The second-order valence-electron chi connectivity index (χ2n) is 4.73. The molecule has 1 nitrogen and oxygen atoms in total. The van der Waals surface area contributed by atoms with Gasteiger partial charge in [0.05, 0.1) is 13.4 Å². The number of hydrogen-bond donors (Lipinski definition) is 2. The van der Waals surface area contributed by atoms with Gasteiger partial charge in [-0.2, -0.15) is 0 Å². The molecule has 0 aliphatic rings.